The fourth-order valence-corrected chi connectivity index (χ4v) is 1.16. The van der Waals surface area contributed by atoms with Crippen LogP contribution in [0.2, 0.25) is 0 Å². The van der Waals surface area contributed by atoms with E-state index >= 15 is 0 Å². The summed E-state index contributed by atoms with van der Waals surface area (Å²) in [5, 5.41) is 0. The maximum atomic E-state index is 13.2. The van der Waals surface area contributed by atoms with Gasteiger partial charge in [0.2, 0.25) is 0 Å². The average molecular weight is 203 g/mol. The molecule has 0 N–H and O–H groups in total. The monoisotopic (exact) mass is 202 g/mol. The maximum Gasteiger partial charge on any atom is 0.165 e. The first-order valence-corrected chi connectivity index (χ1v) is 4.59. The summed E-state index contributed by atoms with van der Waals surface area (Å²) in [7, 11) is 1.78. The minimum Gasteiger partial charge on any atom is -0.353 e. The number of hydrogen-bond acceptors (Lipinski definition) is 2. The number of nitrogens with zero attached hydrogens (tertiary/aromatic N) is 2. The highest BCUT2D eigenvalue weighted by Crippen LogP contribution is 2.16. The zero-order valence-electron chi connectivity index (χ0n) is 7.67. The van der Waals surface area contributed by atoms with Crippen molar-refractivity contribution in [2.24, 2.45) is 0 Å². The largest absolute Gasteiger partial charge is 0.353 e. The molecule has 1 atom stereocenters. The van der Waals surface area contributed by atoms with Crippen LogP contribution in [-0.4, -0.2) is 24.0 Å². The van der Waals surface area contributed by atoms with Crippen LogP contribution in [0.4, 0.5) is 10.2 Å². The molecule has 0 spiro atoms. The van der Waals surface area contributed by atoms with Crippen molar-refractivity contribution in [3.05, 3.63) is 24.1 Å². The minimum absolute atomic E-state index is 0.0751. The van der Waals surface area contributed by atoms with Gasteiger partial charge in [-0.05, 0) is 19.1 Å². The Balaban J connectivity index is 2.88. The lowest BCUT2D eigenvalue weighted by Crippen LogP contribution is -2.31. The smallest absolute Gasteiger partial charge is 0.165 e. The Kier molecular flexibility index (Phi) is 3.48. The number of aromatic nitrogens is 1. The Labute approximate surface area is 82.3 Å². The van der Waals surface area contributed by atoms with Crippen LogP contribution in [0.1, 0.15) is 6.92 Å². The number of hydrogen-bond donors (Lipinski definition) is 0. The van der Waals surface area contributed by atoms with E-state index in [2.05, 4.69) is 4.98 Å². The molecule has 1 aromatic rings. The molecule has 0 aliphatic heterocycles. The predicted octanol–water partition coefficient (Wildman–Crippen LogP) is 2.28. The third kappa shape index (κ3) is 2.31. The number of anilines is 1. The van der Waals surface area contributed by atoms with Gasteiger partial charge in [-0.25, -0.2) is 9.37 Å². The van der Waals surface area contributed by atoms with Crippen LogP contribution in [0.3, 0.4) is 0 Å². The molecule has 2 nitrogen and oxygen atoms in total. The first-order chi connectivity index (χ1) is 6.16. The van der Waals surface area contributed by atoms with Crippen molar-refractivity contribution in [2.75, 3.05) is 17.8 Å². The second-order valence-corrected chi connectivity index (χ2v) is 3.23. The zero-order valence-corrected chi connectivity index (χ0v) is 8.42. The summed E-state index contributed by atoms with van der Waals surface area (Å²) in [5.74, 6) is 0.476. The molecule has 13 heavy (non-hydrogen) atoms. The number of alkyl halides is 1. The normalized spacial score (nSPS) is 12.6. The van der Waals surface area contributed by atoms with E-state index in [1.54, 1.807) is 24.2 Å². The Morgan fingerprint density at radius 2 is 2.38 bits per heavy atom. The van der Waals surface area contributed by atoms with E-state index in [0.29, 0.717) is 11.7 Å². The summed E-state index contributed by atoms with van der Waals surface area (Å²) < 4.78 is 13.2. The van der Waals surface area contributed by atoms with Crippen LogP contribution in [0.5, 0.6) is 0 Å². The van der Waals surface area contributed by atoms with Crippen molar-refractivity contribution in [3.63, 3.8) is 0 Å². The van der Waals surface area contributed by atoms with Crippen molar-refractivity contribution in [1.82, 2.24) is 4.98 Å². The van der Waals surface area contributed by atoms with Gasteiger partial charge in [-0.15, -0.1) is 11.6 Å². The van der Waals surface area contributed by atoms with Gasteiger partial charge in [-0.1, -0.05) is 0 Å². The van der Waals surface area contributed by atoms with Crippen LogP contribution in [0.25, 0.3) is 0 Å². The molecule has 0 radical (unpaired) electrons. The van der Waals surface area contributed by atoms with Gasteiger partial charge < -0.3 is 4.90 Å². The topological polar surface area (TPSA) is 16.1 Å². The third-order valence-electron chi connectivity index (χ3n) is 1.96. The van der Waals surface area contributed by atoms with E-state index < -0.39 is 0 Å². The van der Waals surface area contributed by atoms with Crippen LogP contribution < -0.4 is 4.90 Å². The van der Waals surface area contributed by atoms with E-state index in [4.69, 9.17) is 11.6 Å². The van der Waals surface area contributed by atoms with Gasteiger partial charge in [-0.3, -0.25) is 0 Å². The van der Waals surface area contributed by atoms with Crippen LogP contribution in [0.15, 0.2) is 18.3 Å². The van der Waals surface area contributed by atoms with E-state index in [1.807, 2.05) is 6.92 Å². The molecule has 0 aromatic carbocycles. The van der Waals surface area contributed by atoms with Crippen LogP contribution in [0, 0.1) is 5.82 Å². The van der Waals surface area contributed by atoms with Crippen molar-refractivity contribution in [2.45, 2.75) is 13.0 Å². The fraction of sp³-hybridized carbons (Fsp3) is 0.444. The summed E-state index contributed by atoms with van der Waals surface area (Å²) in [6.07, 6.45) is 1.57. The van der Waals surface area contributed by atoms with Gasteiger partial charge in [-0.2, -0.15) is 0 Å². The second-order valence-electron chi connectivity index (χ2n) is 2.92. The molecule has 0 aliphatic rings. The highest BCUT2D eigenvalue weighted by atomic mass is 35.5. The van der Waals surface area contributed by atoms with Crippen LogP contribution >= 0.6 is 11.6 Å². The Bertz CT molecular complexity index is 280. The molecule has 1 rings (SSSR count). The third-order valence-corrected chi connectivity index (χ3v) is 2.40. The summed E-state index contributed by atoms with van der Waals surface area (Å²) >= 11 is 5.66. The van der Waals surface area contributed by atoms with Gasteiger partial charge in [0.05, 0.1) is 0 Å². The first kappa shape index (κ1) is 10.3. The zero-order chi connectivity index (χ0) is 9.84. The van der Waals surface area contributed by atoms with Crippen molar-refractivity contribution < 1.29 is 4.39 Å². The number of halogens is 2. The summed E-state index contributed by atoms with van der Waals surface area (Å²) in [5.41, 5.74) is 0. The van der Waals surface area contributed by atoms with Gasteiger partial charge in [0.15, 0.2) is 11.6 Å². The Morgan fingerprint density at radius 1 is 1.69 bits per heavy atom. The van der Waals surface area contributed by atoms with Crippen molar-refractivity contribution in [3.8, 4) is 0 Å². The molecule has 1 unspecified atom stereocenters. The fourth-order valence-electron chi connectivity index (χ4n) is 0.949. The van der Waals surface area contributed by atoms with E-state index in [0.717, 1.165) is 0 Å². The predicted molar refractivity (Wildman–Crippen MR) is 52.8 cm³/mol. The van der Waals surface area contributed by atoms with Crippen LogP contribution in [-0.2, 0) is 0 Å². The van der Waals surface area contributed by atoms with Gasteiger partial charge in [0, 0.05) is 25.2 Å². The van der Waals surface area contributed by atoms with E-state index in [9.17, 15) is 4.39 Å². The minimum atomic E-state index is -0.318. The summed E-state index contributed by atoms with van der Waals surface area (Å²) in [6.45, 7) is 1.92. The molecule has 0 aliphatic carbocycles. The van der Waals surface area contributed by atoms with Gasteiger partial charge >= 0.3 is 0 Å². The molecule has 1 heterocycles. The van der Waals surface area contributed by atoms with Gasteiger partial charge in [0.25, 0.3) is 0 Å². The van der Waals surface area contributed by atoms with Crippen molar-refractivity contribution >= 4 is 17.4 Å². The number of pyridine rings is 1. The molecule has 1 aromatic heterocycles. The lowest BCUT2D eigenvalue weighted by atomic mass is 10.3. The van der Waals surface area contributed by atoms with Crippen molar-refractivity contribution in [1.29, 1.82) is 0 Å². The molecule has 72 valence electrons. The highest BCUT2D eigenvalue weighted by molar-refractivity contribution is 6.18. The molecule has 0 saturated heterocycles. The molecule has 0 fully saturated rings. The molecule has 4 heteroatoms. The Morgan fingerprint density at radius 3 is 2.92 bits per heavy atom. The average Bonchev–Trinajstić information content (AvgIpc) is 2.16. The molecular formula is C9H12ClFN2. The van der Waals surface area contributed by atoms with E-state index in [1.165, 1.54) is 6.07 Å². The summed E-state index contributed by atoms with van der Waals surface area (Å²) in [4.78, 5) is 5.66. The number of rotatable bonds is 3. The lowest BCUT2D eigenvalue weighted by molar-refractivity contribution is 0.605. The molecule has 0 saturated carbocycles. The molecular weight excluding hydrogens is 191 g/mol. The van der Waals surface area contributed by atoms with E-state index in [-0.39, 0.29) is 11.9 Å². The lowest BCUT2D eigenvalue weighted by Gasteiger charge is -2.24. The van der Waals surface area contributed by atoms with Gasteiger partial charge in [0.1, 0.15) is 0 Å². The SMILES string of the molecule is CC(CCl)N(C)c1ncccc1F. The summed E-state index contributed by atoms with van der Waals surface area (Å²) in [6, 6.07) is 3.03. The standard InChI is InChI=1S/C9H12ClFN2/c1-7(6-10)13(2)9-8(11)4-3-5-12-9/h3-5,7H,6H2,1-2H3. The molecule has 0 amide bonds. The quantitative estimate of drug-likeness (QED) is 0.700. The first-order valence-electron chi connectivity index (χ1n) is 4.06. The highest BCUT2D eigenvalue weighted by Gasteiger charge is 2.13. The maximum absolute atomic E-state index is 13.2. The Hall–Kier alpha value is -0.830. The second kappa shape index (κ2) is 4.42. The molecule has 0 bridgehead atoms.